The molecule has 0 unspecified atom stereocenters. The summed E-state index contributed by atoms with van der Waals surface area (Å²) in [5.74, 6) is -0.170. The SMILES string of the molecule is Cc1cc(OCCCC(=O)OCC(=O)Nc2c(C)nn(-c3ccccc3)c2C)ccc1Cl. The van der Waals surface area contributed by atoms with Crippen LogP contribution in [-0.4, -0.2) is 34.9 Å². The van der Waals surface area contributed by atoms with Crippen LogP contribution in [0.1, 0.15) is 29.8 Å². The molecule has 1 N–H and O–H groups in total. The van der Waals surface area contributed by atoms with Gasteiger partial charge in [-0.3, -0.25) is 9.59 Å². The number of aryl methyl sites for hydroxylation is 2. The van der Waals surface area contributed by atoms with Crippen LogP contribution < -0.4 is 10.1 Å². The smallest absolute Gasteiger partial charge is 0.306 e. The van der Waals surface area contributed by atoms with Crippen molar-refractivity contribution in [2.45, 2.75) is 33.6 Å². The zero-order valence-corrected chi connectivity index (χ0v) is 19.1. The molecular formula is C24H26ClN3O4. The van der Waals surface area contributed by atoms with Crippen molar-refractivity contribution in [1.29, 1.82) is 0 Å². The first-order valence-electron chi connectivity index (χ1n) is 10.3. The summed E-state index contributed by atoms with van der Waals surface area (Å²) in [7, 11) is 0. The number of esters is 1. The molecule has 0 bridgehead atoms. The van der Waals surface area contributed by atoms with Gasteiger partial charge in [-0.1, -0.05) is 29.8 Å². The molecule has 7 nitrogen and oxygen atoms in total. The van der Waals surface area contributed by atoms with Crippen LogP contribution in [0, 0.1) is 20.8 Å². The van der Waals surface area contributed by atoms with E-state index in [1.54, 1.807) is 16.8 Å². The van der Waals surface area contributed by atoms with Crippen LogP contribution in [0.25, 0.3) is 5.69 Å². The van der Waals surface area contributed by atoms with Crippen LogP contribution in [0.3, 0.4) is 0 Å². The lowest BCUT2D eigenvalue weighted by atomic mass is 10.2. The fourth-order valence-corrected chi connectivity index (χ4v) is 3.27. The fourth-order valence-electron chi connectivity index (χ4n) is 3.15. The quantitative estimate of drug-likeness (QED) is 0.370. The number of aromatic nitrogens is 2. The van der Waals surface area contributed by atoms with Crippen LogP contribution >= 0.6 is 11.6 Å². The highest BCUT2D eigenvalue weighted by Gasteiger charge is 2.16. The van der Waals surface area contributed by atoms with Crippen molar-refractivity contribution in [3.05, 3.63) is 70.5 Å². The third-order valence-electron chi connectivity index (χ3n) is 4.84. The maximum atomic E-state index is 12.3. The molecule has 1 amide bonds. The summed E-state index contributed by atoms with van der Waals surface area (Å²) >= 11 is 5.99. The summed E-state index contributed by atoms with van der Waals surface area (Å²) in [6, 6.07) is 15.0. The lowest BCUT2D eigenvalue weighted by Crippen LogP contribution is -2.21. The summed E-state index contributed by atoms with van der Waals surface area (Å²) in [5.41, 5.74) is 3.91. The van der Waals surface area contributed by atoms with E-state index in [1.165, 1.54) is 0 Å². The summed E-state index contributed by atoms with van der Waals surface area (Å²) in [5, 5.41) is 7.95. The molecule has 0 saturated heterocycles. The summed E-state index contributed by atoms with van der Waals surface area (Å²) in [4.78, 5) is 24.2. The van der Waals surface area contributed by atoms with Crippen molar-refractivity contribution < 1.29 is 19.1 Å². The number of para-hydroxylation sites is 1. The molecule has 0 spiro atoms. The van der Waals surface area contributed by atoms with Crippen molar-refractivity contribution in [1.82, 2.24) is 9.78 Å². The van der Waals surface area contributed by atoms with Crippen molar-refractivity contribution >= 4 is 29.2 Å². The Kier molecular flexibility index (Phi) is 7.89. The normalized spacial score (nSPS) is 10.6. The number of nitrogens with one attached hydrogen (secondary N) is 1. The molecule has 1 aromatic heterocycles. The van der Waals surface area contributed by atoms with Crippen molar-refractivity contribution in [2.75, 3.05) is 18.5 Å². The lowest BCUT2D eigenvalue weighted by Gasteiger charge is -2.09. The minimum Gasteiger partial charge on any atom is -0.494 e. The van der Waals surface area contributed by atoms with Gasteiger partial charge in [0.05, 0.1) is 29.4 Å². The van der Waals surface area contributed by atoms with E-state index >= 15 is 0 Å². The van der Waals surface area contributed by atoms with E-state index in [2.05, 4.69) is 10.4 Å². The minimum atomic E-state index is -0.454. The van der Waals surface area contributed by atoms with Gasteiger partial charge in [0.15, 0.2) is 6.61 Å². The van der Waals surface area contributed by atoms with E-state index in [0.29, 0.717) is 35.2 Å². The first-order chi connectivity index (χ1) is 15.3. The zero-order valence-electron chi connectivity index (χ0n) is 18.4. The molecule has 0 saturated carbocycles. The first kappa shape index (κ1) is 23.3. The number of amides is 1. The van der Waals surface area contributed by atoms with E-state index in [9.17, 15) is 9.59 Å². The maximum absolute atomic E-state index is 12.3. The Bertz CT molecular complexity index is 1100. The molecule has 3 aromatic rings. The molecule has 0 aliphatic heterocycles. The molecule has 1 heterocycles. The molecule has 168 valence electrons. The van der Waals surface area contributed by atoms with Gasteiger partial charge in [-0.05, 0) is 63.1 Å². The van der Waals surface area contributed by atoms with Crippen molar-refractivity contribution in [3.63, 3.8) is 0 Å². The molecule has 0 fully saturated rings. The van der Waals surface area contributed by atoms with Crippen LogP contribution in [0.5, 0.6) is 5.75 Å². The predicted molar refractivity (Wildman–Crippen MR) is 124 cm³/mol. The second-order valence-electron chi connectivity index (χ2n) is 7.37. The largest absolute Gasteiger partial charge is 0.494 e. The minimum absolute atomic E-state index is 0.157. The standard InChI is InChI=1S/C24H26ClN3O4/c1-16-14-20(11-12-21(16)25)31-13-7-10-23(30)32-15-22(29)26-24-17(2)27-28(18(24)3)19-8-5-4-6-9-19/h4-6,8-9,11-12,14H,7,10,13,15H2,1-3H3,(H,26,29). The predicted octanol–water partition coefficient (Wildman–Crippen LogP) is 4.79. The second-order valence-corrected chi connectivity index (χ2v) is 7.77. The van der Waals surface area contributed by atoms with Crippen LogP contribution in [0.2, 0.25) is 5.02 Å². The zero-order chi connectivity index (χ0) is 23.1. The van der Waals surface area contributed by atoms with Gasteiger partial charge in [-0.15, -0.1) is 0 Å². The van der Waals surface area contributed by atoms with E-state index < -0.39 is 11.9 Å². The molecule has 0 aliphatic carbocycles. The topological polar surface area (TPSA) is 82.4 Å². The summed E-state index contributed by atoms with van der Waals surface area (Å²) in [6.07, 6.45) is 0.633. The molecule has 0 radical (unpaired) electrons. The van der Waals surface area contributed by atoms with E-state index in [1.807, 2.05) is 57.2 Å². The number of anilines is 1. The van der Waals surface area contributed by atoms with Gasteiger partial charge in [0.1, 0.15) is 5.75 Å². The average Bonchev–Trinajstić information content (AvgIpc) is 3.06. The molecule has 2 aromatic carbocycles. The first-order valence-corrected chi connectivity index (χ1v) is 10.7. The summed E-state index contributed by atoms with van der Waals surface area (Å²) in [6.45, 7) is 5.59. The van der Waals surface area contributed by atoms with Gasteiger partial charge >= 0.3 is 5.97 Å². The number of carbonyl (C=O) groups is 2. The Morgan fingerprint density at radius 2 is 1.84 bits per heavy atom. The number of ether oxygens (including phenoxy) is 2. The van der Waals surface area contributed by atoms with Gasteiger partial charge in [-0.25, -0.2) is 4.68 Å². The van der Waals surface area contributed by atoms with E-state index in [4.69, 9.17) is 21.1 Å². The van der Waals surface area contributed by atoms with Crippen LogP contribution in [-0.2, 0) is 14.3 Å². The van der Waals surface area contributed by atoms with E-state index in [0.717, 1.165) is 16.9 Å². The molecule has 0 aliphatic rings. The summed E-state index contributed by atoms with van der Waals surface area (Å²) < 4.78 is 12.5. The Balaban J connectivity index is 1.42. The highest BCUT2D eigenvalue weighted by molar-refractivity contribution is 6.31. The Hall–Kier alpha value is -3.32. The highest BCUT2D eigenvalue weighted by Crippen LogP contribution is 2.23. The molecular weight excluding hydrogens is 430 g/mol. The molecule has 0 atom stereocenters. The van der Waals surface area contributed by atoms with Gasteiger partial charge < -0.3 is 14.8 Å². The van der Waals surface area contributed by atoms with Crippen LogP contribution in [0.4, 0.5) is 5.69 Å². The number of rotatable bonds is 9. The Morgan fingerprint density at radius 3 is 2.56 bits per heavy atom. The van der Waals surface area contributed by atoms with Crippen molar-refractivity contribution in [3.8, 4) is 11.4 Å². The lowest BCUT2D eigenvalue weighted by molar-refractivity contribution is -0.147. The number of carbonyl (C=O) groups excluding carboxylic acids is 2. The fraction of sp³-hybridized carbons (Fsp3) is 0.292. The van der Waals surface area contributed by atoms with E-state index in [-0.39, 0.29) is 13.0 Å². The average molecular weight is 456 g/mol. The van der Waals surface area contributed by atoms with Gasteiger partial charge in [-0.2, -0.15) is 5.10 Å². The third-order valence-corrected chi connectivity index (χ3v) is 5.27. The number of hydrogen-bond acceptors (Lipinski definition) is 5. The van der Waals surface area contributed by atoms with Gasteiger partial charge in [0, 0.05) is 11.4 Å². The molecule has 32 heavy (non-hydrogen) atoms. The number of nitrogens with zero attached hydrogens (tertiary/aromatic N) is 2. The van der Waals surface area contributed by atoms with Crippen LogP contribution in [0.15, 0.2) is 48.5 Å². The molecule has 8 heteroatoms. The Labute approximate surface area is 192 Å². The third kappa shape index (κ3) is 6.11. The second kappa shape index (κ2) is 10.8. The monoisotopic (exact) mass is 455 g/mol. The highest BCUT2D eigenvalue weighted by atomic mass is 35.5. The van der Waals surface area contributed by atoms with Crippen molar-refractivity contribution in [2.24, 2.45) is 0 Å². The Morgan fingerprint density at radius 1 is 1.09 bits per heavy atom. The maximum Gasteiger partial charge on any atom is 0.306 e. The number of benzene rings is 2. The van der Waals surface area contributed by atoms with Gasteiger partial charge in [0.2, 0.25) is 0 Å². The number of halogens is 1. The number of hydrogen-bond donors (Lipinski definition) is 1. The molecule has 3 rings (SSSR count). The van der Waals surface area contributed by atoms with Gasteiger partial charge in [0.25, 0.3) is 5.91 Å².